The van der Waals surface area contributed by atoms with Crippen LogP contribution >= 0.6 is 0 Å². The van der Waals surface area contributed by atoms with Crippen LogP contribution in [0.25, 0.3) is 22.3 Å². The number of pyridine rings is 2. The van der Waals surface area contributed by atoms with E-state index < -0.39 is 0 Å². The molecule has 3 aromatic rings. The number of hydrogen-bond donors (Lipinski definition) is 2. The van der Waals surface area contributed by atoms with Crippen molar-refractivity contribution in [1.82, 2.24) is 19.9 Å². The Labute approximate surface area is 139 Å². The van der Waals surface area contributed by atoms with Gasteiger partial charge in [0.2, 0.25) is 11.9 Å². The summed E-state index contributed by atoms with van der Waals surface area (Å²) < 4.78 is 0. The van der Waals surface area contributed by atoms with Gasteiger partial charge in [-0.05, 0) is 30.7 Å². The molecule has 0 aromatic carbocycles. The molecule has 0 aliphatic carbocycles. The summed E-state index contributed by atoms with van der Waals surface area (Å²) in [5.74, 6) is 0.620. The first-order chi connectivity index (χ1) is 11.6. The fourth-order valence-electron chi connectivity index (χ4n) is 2.47. The average Bonchev–Trinajstić information content (AvgIpc) is 2.55. The highest BCUT2D eigenvalue weighted by Crippen LogP contribution is 2.23. The molecule has 0 saturated carbocycles. The fraction of sp³-hybridized carbons (Fsp3) is 0.235. The minimum atomic E-state index is -0.155. The summed E-state index contributed by atoms with van der Waals surface area (Å²) in [5, 5.41) is 2.64. The summed E-state index contributed by atoms with van der Waals surface area (Å²) >= 11 is 0. The van der Waals surface area contributed by atoms with Crippen molar-refractivity contribution >= 4 is 28.7 Å². The van der Waals surface area contributed by atoms with Gasteiger partial charge < -0.3 is 11.1 Å². The topological polar surface area (TPSA) is 107 Å². The molecule has 0 aliphatic rings. The molecular formula is C17H18N6O. The number of carbonyl (C=O) groups excluding carboxylic acids is 1. The number of carbonyl (C=O) groups is 1. The van der Waals surface area contributed by atoms with E-state index in [-0.39, 0.29) is 11.9 Å². The molecule has 0 aliphatic heterocycles. The molecule has 3 N–H and O–H groups in total. The maximum absolute atomic E-state index is 11.1. The molecule has 0 radical (unpaired) electrons. The van der Waals surface area contributed by atoms with Crippen molar-refractivity contribution in [2.24, 2.45) is 0 Å². The summed E-state index contributed by atoms with van der Waals surface area (Å²) in [6.45, 7) is 3.53. The first-order valence-corrected chi connectivity index (χ1v) is 7.74. The van der Waals surface area contributed by atoms with Gasteiger partial charge in [0.25, 0.3) is 0 Å². The van der Waals surface area contributed by atoms with Crippen LogP contribution in [0.2, 0.25) is 0 Å². The van der Waals surface area contributed by atoms with Gasteiger partial charge in [-0.3, -0.25) is 4.79 Å². The van der Waals surface area contributed by atoms with Crippen LogP contribution in [0.1, 0.15) is 26.0 Å². The maximum Gasteiger partial charge on any atom is 0.222 e. The highest BCUT2D eigenvalue weighted by atomic mass is 16.1. The number of aromatic nitrogens is 4. The van der Waals surface area contributed by atoms with Crippen LogP contribution in [-0.4, -0.2) is 25.8 Å². The molecule has 0 spiro atoms. The molecule has 0 atom stereocenters. The van der Waals surface area contributed by atoms with Crippen LogP contribution in [0.4, 0.5) is 11.8 Å². The second-order valence-corrected chi connectivity index (χ2v) is 5.46. The molecule has 7 nitrogen and oxygen atoms in total. The van der Waals surface area contributed by atoms with Gasteiger partial charge in [0.15, 0.2) is 0 Å². The highest BCUT2D eigenvalue weighted by molar-refractivity contribution is 5.87. The summed E-state index contributed by atoms with van der Waals surface area (Å²) in [6.07, 6.45) is 3.42. The fourth-order valence-corrected chi connectivity index (χ4v) is 2.47. The smallest absolute Gasteiger partial charge is 0.222 e. The van der Waals surface area contributed by atoms with Crippen molar-refractivity contribution in [3.8, 4) is 11.3 Å². The van der Waals surface area contributed by atoms with E-state index in [0.717, 1.165) is 40.8 Å². The number of amides is 1. The van der Waals surface area contributed by atoms with Gasteiger partial charge in [-0.2, -0.15) is 0 Å². The molecule has 1 amide bonds. The van der Waals surface area contributed by atoms with Gasteiger partial charge in [0.05, 0.1) is 16.9 Å². The minimum Gasteiger partial charge on any atom is -0.368 e. The lowest BCUT2D eigenvalue weighted by Crippen LogP contribution is -2.07. The van der Waals surface area contributed by atoms with Crippen LogP contribution < -0.4 is 11.1 Å². The van der Waals surface area contributed by atoms with Gasteiger partial charge in [-0.25, -0.2) is 19.9 Å². The zero-order chi connectivity index (χ0) is 17.1. The van der Waals surface area contributed by atoms with Crippen LogP contribution in [-0.2, 0) is 11.2 Å². The van der Waals surface area contributed by atoms with Crippen molar-refractivity contribution < 1.29 is 4.79 Å². The number of nitrogens with two attached hydrogens (primary N) is 1. The molecule has 122 valence electrons. The maximum atomic E-state index is 11.1. The number of aryl methyl sites for hydroxylation is 1. The number of rotatable bonds is 4. The number of fused-ring (bicyclic) bond motifs is 1. The monoisotopic (exact) mass is 322 g/mol. The second-order valence-electron chi connectivity index (χ2n) is 5.46. The molecule has 0 unspecified atom stereocenters. The molecule has 3 rings (SSSR count). The van der Waals surface area contributed by atoms with Crippen molar-refractivity contribution in [3.63, 3.8) is 0 Å². The average molecular weight is 322 g/mol. The van der Waals surface area contributed by atoms with Crippen molar-refractivity contribution in [2.75, 3.05) is 11.1 Å². The number of anilines is 2. The predicted molar refractivity (Wildman–Crippen MR) is 93.3 cm³/mol. The minimum absolute atomic E-state index is 0.155. The van der Waals surface area contributed by atoms with Crippen LogP contribution in [0.15, 0.2) is 30.5 Å². The molecule has 7 heteroatoms. The SMILES string of the molecule is CCCc1nc(N)nc2ccc(-c3ccc(NC(C)=O)nc3)nc12. The molecule has 0 bridgehead atoms. The van der Waals surface area contributed by atoms with Crippen LogP contribution in [0.3, 0.4) is 0 Å². The Morgan fingerprint density at radius 1 is 1.17 bits per heavy atom. The Kier molecular flexibility index (Phi) is 4.33. The third-order valence-corrected chi connectivity index (χ3v) is 3.48. The van der Waals surface area contributed by atoms with E-state index in [1.807, 2.05) is 18.2 Å². The zero-order valence-corrected chi connectivity index (χ0v) is 13.6. The Morgan fingerprint density at radius 3 is 2.67 bits per heavy atom. The highest BCUT2D eigenvalue weighted by Gasteiger charge is 2.10. The third kappa shape index (κ3) is 3.29. The summed E-state index contributed by atoms with van der Waals surface area (Å²) in [5.41, 5.74) is 9.74. The van der Waals surface area contributed by atoms with E-state index in [9.17, 15) is 4.79 Å². The van der Waals surface area contributed by atoms with Crippen LogP contribution in [0.5, 0.6) is 0 Å². The quantitative estimate of drug-likeness (QED) is 0.764. The zero-order valence-electron chi connectivity index (χ0n) is 13.6. The van der Waals surface area contributed by atoms with Crippen LogP contribution in [0, 0.1) is 0 Å². The van der Waals surface area contributed by atoms with Gasteiger partial charge in [-0.1, -0.05) is 13.3 Å². The molecule has 0 saturated heterocycles. The number of nitrogens with one attached hydrogen (secondary N) is 1. The standard InChI is InChI=1S/C17H18N6O/c1-3-4-13-16-14(23-17(18)22-13)7-6-12(21-16)11-5-8-15(19-9-11)20-10(2)24/h5-9H,3-4H2,1-2H3,(H2,18,22,23)(H,19,20,24). The summed E-state index contributed by atoms with van der Waals surface area (Å²) in [4.78, 5) is 28.5. The number of nitrogens with zero attached hydrogens (tertiary/aromatic N) is 4. The molecule has 0 fully saturated rings. The third-order valence-electron chi connectivity index (χ3n) is 3.48. The number of nitrogen functional groups attached to an aromatic ring is 1. The molecule has 3 heterocycles. The van der Waals surface area contributed by atoms with Crippen molar-refractivity contribution in [1.29, 1.82) is 0 Å². The second kappa shape index (κ2) is 6.57. The van der Waals surface area contributed by atoms with E-state index in [0.29, 0.717) is 5.82 Å². The van der Waals surface area contributed by atoms with E-state index in [2.05, 4.69) is 32.2 Å². The Balaban J connectivity index is 2.02. The van der Waals surface area contributed by atoms with Gasteiger partial charge in [0, 0.05) is 18.7 Å². The van der Waals surface area contributed by atoms with E-state index in [1.165, 1.54) is 6.92 Å². The summed E-state index contributed by atoms with van der Waals surface area (Å²) in [7, 11) is 0. The Hall–Kier alpha value is -3.09. The number of hydrogen-bond acceptors (Lipinski definition) is 6. The molecule has 24 heavy (non-hydrogen) atoms. The largest absolute Gasteiger partial charge is 0.368 e. The van der Waals surface area contributed by atoms with Crippen molar-refractivity contribution in [2.45, 2.75) is 26.7 Å². The first-order valence-electron chi connectivity index (χ1n) is 7.74. The molecule has 3 aromatic heterocycles. The molecular weight excluding hydrogens is 304 g/mol. The van der Waals surface area contributed by atoms with Gasteiger partial charge in [-0.15, -0.1) is 0 Å². The van der Waals surface area contributed by atoms with E-state index in [1.54, 1.807) is 12.3 Å². The predicted octanol–water partition coefficient (Wildman–Crippen LogP) is 2.58. The normalized spacial score (nSPS) is 10.8. The first kappa shape index (κ1) is 15.8. The van der Waals surface area contributed by atoms with E-state index in [4.69, 9.17) is 5.73 Å². The van der Waals surface area contributed by atoms with Gasteiger partial charge >= 0.3 is 0 Å². The lowest BCUT2D eigenvalue weighted by atomic mass is 10.1. The van der Waals surface area contributed by atoms with Gasteiger partial charge in [0.1, 0.15) is 11.3 Å². The lowest BCUT2D eigenvalue weighted by molar-refractivity contribution is -0.114. The Morgan fingerprint density at radius 2 is 2.00 bits per heavy atom. The Bertz CT molecular complexity index is 891. The van der Waals surface area contributed by atoms with Crippen molar-refractivity contribution in [3.05, 3.63) is 36.2 Å². The lowest BCUT2D eigenvalue weighted by Gasteiger charge is -2.08. The summed E-state index contributed by atoms with van der Waals surface area (Å²) in [6, 6.07) is 7.37. The van der Waals surface area contributed by atoms with E-state index >= 15 is 0 Å².